The molecular weight excluding hydrogens is 477 g/mol. The van der Waals surface area contributed by atoms with Crippen LogP contribution in [0.1, 0.15) is 31.3 Å². The summed E-state index contributed by atoms with van der Waals surface area (Å²) < 4.78 is 1.88. The molecule has 1 unspecified atom stereocenters. The molecule has 2 N–H and O–H groups in total. The van der Waals surface area contributed by atoms with Gasteiger partial charge in [-0.25, -0.2) is 0 Å². The lowest BCUT2D eigenvalue weighted by molar-refractivity contribution is 0.219. The van der Waals surface area contributed by atoms with Crippen LogP contribution >= 0.6 is 35.6 Å². The molecule has 9 heteroatoms. The number of aromatic nitrogens is 3. The first-order chi connectivity index (χ1) is 12.6. The number of likely N-dealkylation sites (N-methyl/N-ethyl adjacent to an activating group) is 1. The van der Waals surface area contributed by atoms with Crippen molar-refractivity contribution in [2.24, 2.45) is 12.0 Å². The molecule has 0 fully saturated rings. The molecule has 1 atom stereocenters. The van der Waals surface area contributed by atoms with E-state index in [1.165, 1.54) is 0 Å². The van der Waals surface area contributed by atoms with Gasteiger partial charge in [0.25, 0.3) is 0 Å². The molecule has 150 valence electrons. The van der Waals surface area contributed by atoms with E-state index in [9.17, 15) is 0 Å². The zero-order chi connectivity index (χ0) is 18.9. The SMILES string of the molecule is CCN(CC)C(CNC(=NC)NCc1nncn1C)c1ccccc1Cl.I. The lowest BCUT2D eigenvalue weighted by atomic mass is 10.0. The maximum absolute atomic E-state index is 6.45. The van der Waals surface area contributed by atoms with Crippen LogP contribution in [0.4, 0.5) is 0 Å². The zero-order valence-electron chi connectivity index (χ0n) is 16.3. The van der Waals surface area contributed by atoms with Crippen molar-refractivity contribution in [3.05, 3.63) is 47.0 Å². The van der Waals surface area contributed by atoms with Gasteiger partial charge in [-0.15, -0.1) is 34.2 Å². The number of hydrogen-bond donors (Lipinski definition) is 2. The van der Waals surface area contributed by atoms with Crippen molar-refractivity contribution in [1.82, 2.24) is 30.3 Å². The Kier molecular flexibility index (Phi) is 10.6. The molecule has 27 heavy (non-hydrogen) atoms. The van der Waals surface area contributed by atoms with E-state index in [1.807, 2.05) is 29.8 Å². The topological polar surface area (TPSA) is 70.4 Å². The minimum atomic E-state index is 0. The average molecular weight is 506 g/mol. The van der Waals surface area contributed by atoms with E-state index in [1.54, 1.807) is 13.4 Å². The van der Waals surface area contributed by atoms with Crippen LogP contribution < -0.4 is 10.6 Å². The van der Waals surface area contributed by atoms with E-state index < -0.39 is 0 Å². The third kappa shape index (κ3) is 6.62. The smallest absolute Gasteiger partial charge is 0.191 e. The summed E-state index contributed by atoms with van der Waals surface area (Å²) in [6.45, 7) is 7.46. The van der Waals surface area contributed by atoms with Crippen LogP contribution in [-0.4, -0.2) is 52.3 Å². The van der Waals surface area contributed by atoms with Gasteiger partial charge in [0, 0.05) is 25.7 Å². The van der Waals surface area contributed by atoms with E-state index in [-0.39, 0.29) is 30.0 Å². The summed E-state index contributed by atoms with van der Waals surface area (Å²) in [6, 6.07) is 8.17. The third-order valence-corrected chi connectivity index (χ3v) is 4.77. The van der Waals surface area contributed by atoms with Crippen LogP contribution in [0.15, 0.2) is 35.6 Å². The molecule has 2 rings (SSSR count). The Morgan fingerprint density at radius 3 is 2.52 bits per heavy atom. The zero-order valence-corrected chi connectivity index (χ0v) is 19.4. The van der Waals surface area contributed by atoms with Gasteiger partial charge in [-0.2, -0.15) is 0 Å². The number of nitrogens with one attached hydrogen (secondary N) is 2. The predicted octanol–water partition coefficient (Wildman–Crippen LogP) is 2.83. The number of benzene rings is 1. The van der Waals surface area contributed by atoms with Gasteiger partial charge >= 0.3 is 0 Å². The standard InChI is InChI=1S/C18H28ClN7.HI/c1-5-26(6-2)16(14-9-7-8-10-15(14)19)11-21-18(20-3)22-12-17-24-23-13-25(17)4;/h7-10,13,16H,5-6,11-12H2,1-4H3,(H2,20,21,22);1H. The number of hydrogen-bond acceptors (Lipinski definition) is 4. The molecule has 0 aliphatic carbocycles. The Bertz CT molecular complexity index is 715. The van der Waals surface area contributed by atoms with Crippen LogP contribution in [0.3, 0.4) is 0 Å². The minimum absolute atomic E-state index is 0. The summed E-state index contributed by atoms with van der Waals surface area (Å²) in [6.07, 6.45) is 1.68. The third-order valence-electron chi connectivity index (χ3n) is 4.42. The molecule has 0 aliphatic rings. The van der Waals surface area contributed by atoms with Crippen LogP contribution in [0.5, 0.6) is 0 Å². The molecule has 1 aromatic heterocycles. The molecule has 1 heterocycles. The van der Waals surface area contributed by atoms with E-state index in [0.29, 0.717) is 13.1 Å². The van der Waals surface area contributed by atoms with Crippen molar-refractivity contribution in [2.75, 3.05) is 26.7 Å². The Labute approximate surface area is 183 Å². The molecule has 1 aromatic carbocycles. The number of aliphatic imine (C=N–C) groups is 1. The highest BCUT2D eigenvalue weighted by Gasteiger charge is 2.20. The normalized spacial score (nSPS) is 12.6. The van der Waals surface area contributed by atoms with Crippen molar-refractivity contribution in [3.63, 3.8) is 0 Å². The summed E-state index contributed by atoms with van der Waals surface area (Å²) in [5.74, 6) is 1.57. The van der Waals surface area contributed by atoms with Gasteiger partial charge in [0.1, 0.15) is 6.33 Å². The molecule has 0 amide bonds. The molecule has 0 radical (unpaired) electrons. The fraction of sp³-hybridized carbons (Fsp3) is 0.500. The largest absolute Gasteiger partial charge is 0.354 e. The average Bonchev–Trinajstić information content (AvgIpc) is 3.06. The Morgan fingerprint density at radius 2 is 1.96 bits per heavy atom. The second kappa shape index (κ2) is 12.1. The van der Waals surface area contributed by atoms with Gasteiger partial charge in [0.15, 0.2) is 11.8 Å². The first-order valence-corrected chi connectivity index (χ1v) is 9.24. The fourth-order valence-electron chi connectivity index (χ4n) is 2.89. The predicted molar refractivity (Wildman–Crippen MR) is 122 cm³/mol. The summed E-state index contributed by atoms with van der Waals surface area (Å²) in [7, 11) is 3.68. The maximum atomic E-state index is 6.45. The molecule has 7 nitrogen and oxygen atoms in total. The maximum Gasteiger partial charge on any atom is 0.191 e. The Balaban J connectivity index is 0.00000364. The Morgan fingerprint density at radius 1 is 1.26 bits per heavy atom. The van der Waals surface area contributed by atoms with Crippen molar-refractivity contribution in [2.45, 2.75) is 26.4 Å². The summed E-state index contributed by atoms with van der Waals surface area (Å²) in [5.41, 5.74) is 1.12. The lowest BCUT2D eigenvalue weighted by Gasteiger charge is -2.31. The fourth-order valence-corrected chi connectivity index (χ4v) is 3.15. The van der Waals surface area contributed by atoms with Gasteiger partial charge in [-0.1, -0.05) is 43.6 Å². The van der Waals surface area contributed by atoms with Gasteiger partial charge in [-0.05, 0) is 24.7 Å². The van der Waals surface area contributed by atoms with Crippen LogP contribution in [0, 0.1) is 0 Å². The number of rotatable bonds is 8. The van der Waals surface area contributed by atoms with Crippen LogP contribution in [-0.2, 0) is 13.6 Å². The van der Waals surface area contributed by atoms with Gasteiger partial charge < -0.3 is 15.2 Å². The van der Waals surface area contributed by atoms with Crippen molar-refractivity contribution in [3.8, 4) is 0 Å². The highest BCUT2D eigenvalue weighted by Crippen LogP contribution is 2.26. The summed E-state index contributed by atoms with van der Waals surface area (Å²) in [5, 5.41) is 15.4. The van der Waals surface area contributed by atoms with Crippen molar-refractivity contribution >= 4 is 41.5 Å². The quantitative estimate of drug-likeness (QED) is 0.328. The molecule has 0 spiro atoms. The van der Waals surface area contributed by atoms with E-state index >= 15 is 0 Å². The highest BCUT2D eigenvalue weighted by molar-refractivity contribution is 14.0. The number of halogens is 2. The highest BCUT2D eigenvalue weighted by atomic mass is 127. The summed E-state index contributed by atoms with van der Waals surface area (Å²) in [4.78, 5) is 6.68. The molecular formula is C18H29ClIN7. The monoisotopic (exact) mass is 505 g/mol. The number of guanidine groups is 1. The van der Waals surface area contributed by atoms with Crippen LogP contribution in [0.25, 0.3) is 0 Å². The second-order valence-corrected chi connectivity index (χ2v) is 6.33. The van der Waals surface area contributed by atoms with E-state index in [4.69, 9.17) is 11.6 Å². The van der Waals surface area contributed by atoms with Gasteiger partial charge in [-0.3, -0.25) is 9.89 Å². The van der Waals surface area contributed by atoms with E-state index in [2.05, 4.69) is 50.6 Å². The van der Waals surface area contributed by atoms with Crippen molar-refractivity contribution in [1.29, 1.82) is 0 Å². The lowest BCUT2D eigenvalue weighted by Crippen LogP contribution is -2.43. The Hall–Kier alpha value is -1.39. The molecule has 0 saturated heterocycles. The molecule has 0 saturated carbocycles. The first-order valence-electron chi connectivity index (χ1n) is 8.86. The molecule has 2 aromatic rings. The molecule has 0 aliphatic heterocycles. The number of nitrogens with zero attached hydrogens (tertiary/aromatic N) is 5. The van der Waals surface area contributed by atoms with Gasteiger partial charge in [0.05, 0.1) is 12.6 Å². The summed E-state index contributed by atoms with van der Waals surface area (Å²) >= 11 is 6.45. The van der Waals surface area contributed by atoms with Gasteiger partial charge in [0.2, 0.25) is 0 Å². The first kappa shape index (κ1) is 23.6. The number of aryl methyl sites for hydroxylation is 1. The van der Waals surface area contributed by atoms with Crippen molar-refractivity contribution < 1.29 is 0 Å². The minimum Gasteiger partial charge on any atom is -0.354 e. The van der Waals surface area contributed by atoms with Crippen LogP contribution in [0.2, 0.25) is 5.02 Å². The second-order valence-electron chi connectivity index (χ2n) is 5.92. The van der Waals surface area contributed by atoms with E-state index in [0.717, 1.165) is 35.5 Å². The molecule has 0 bridgehead atoms.